The topological polar surface area (TPSA) is 107 Å². The van der Waals surface area contributed by atoms with Gasteiger partial charge in [-0.3, -0.25) is 14.0 Å². The van der Waals surface area contributed by atoms with Gasteiger partial charge in [0.15, 0.2) is 5.65 Å². The average molecular weight is 525 g/mol. The Balaban J connectivity index is 1.33. The van der Waals surface area contributed by atoms with Gasteiger partial charge in [0.1, 0.15) is 17.1 Å². The first-order chi connectivity index (χ1) is 18.9. The van der Waals surface area contributed by atoms with Crippen molar-refractivity contribution in [2.24, 2.45) is 7.05 Å². The number of esters is 1. The van der Waals surface area contributed by atoms with Gasteiger partial charge in [0, 0.05) is 38.7 Å². The maximum absolute atomic E-state index is 13.9. The van der Waals surface area contributed by atoms with Gasteiger partial charge in [-0.25, -0.2) is 19.6 Å². The number of aromatic hydroxyl groups is 1. The summed E-state index contributed by atoms with van der Waals surface area (Å²) >= 11 is 0. The molecule has 1 N–H and O–H groups in total. The fraction of sp³-hybridized carbons (Fsp3) is 0.241. The van der Waals surface area contributed by atoms with E-state index in [0.717, 1.165) is 54.2 Å². The summed E-state index contributed by atoms with van der Waals surface area (Å²) in [5.41, 5.74) is 3.67. The second-order valence-corrected chi connectivity index (χ2v) is 9.74. The number of pyridine rings is 1. The molecule has 1 fully saturated rings. The molecule has 2 aromatic carbocycles. The monoisotopic (exact) mass is 524 g/mol. The molecule has 0 bridgehead atoms. The number of hydrogen-bond acceptors (Lipinski definition) is 7. The van der Waals surface area contributed by atoms with E-state index in [2.05, 4.69) is 14.9 Å². The van der Waals surface area contributed by atoms with E-state index in [9.17, 15) is 14.7 Å². The number of likely N-dealkylation sites (tertiary alicyclic amines) is 1. The van der Waals surface area contributed by atoms with Gasteiger partial charge in [0.05, 0.1) is 30.9 Å². The SMILES string of the molecule is COC(=O)c1cc(-c2ccc(-n3c(=O)n([C@H]4CCN(Cc5nccn5C)C4)c4ncccc43)cc2)ccc1O. The van der Waals surface area contributed by atoms with Crippen molar-refractivity contribution in [1.82, 2.24) is 28.6 Å². The van der Waals surface area contributed by atoms with Crippen LogP contribution < -0.4 is 5.69 Å². The predicted molar refractivity (Wildman–Crippen MR) is 146 cm³/mol. The number of aryl methyl sites for hydroxylation is 1. The Morgan fingerprint density at radius 2 is 1.87 bits per heavy atom. The summed E-state index contributed by atoms with van der Waals surface area (Å²) < 4.78 is 10.3. The molecule has 1 aliphatic rings. The normalized spacial score (nSPS) is 15.7. The number of phenols is 1. The van der Waals surface area contributed by atoms with Crippen LogP contribution in [0.4, 0.5) is 0 Å². The van der Waals surface area contributed by atoms with Crippen LogP contribution in [0.5, 0.6) is 5.75 Å². The highest BCUT2D eigenvalue weighted by atomic mass is 16.5. The Bertz CT molecular complexity index is 1730. The first-order valence-electron chi connectivity index (χ1n) is 12.7. The molecule has 0 radical (unpaired) electrons. The van der Waals surface area contributed by atoms with E-state index in [4.69, 9.17) is 4.74 Å². The zero-order valence-electron chi connectivity index (χ0n) is 21.7. The van der Waals surface area contributed by atoms with Gasteiger partial charge in [-0.2, -0.15) is 0 Å². The number of methoxy groups -OCH3 is 1. The maximum Gasteiger partial charge on any atom is 0.341 e. The molecule has 3 aromatic heterocycles. The smallest absolute Gasteiger partial charge is 0.341 e. The van der Waals surface area contributed by atoms with Crippen LogP contribution in [0, 0.1) is 0 Å². The first kappa shape index (κ1) is 24.6. The molecule has 1 atom stereocenters. The molecular formula is C29H28N6O4. The Hall–Kier alpha value is -4.70. The standard InChI is InChI=1S/C29H28N6O4/c1-32-15-13-30-26(32)18-33-14-11-22(17-33)35-27-24(4-3-12-31-27)34(29(35)38)21-8-5-19(6-9-21)20-7-10-25(36)23(16-20)28(37)39-2/h3-10,12-13,15-16,22,36H,11,14,17-18H2,1-2H3/t22-/m0/s1. The lowest BCUT2D eigenvalue weighted by atomic mass is 10.0. The van der Waals surface area contributed by atoms with Gasteiger partial charge in [0.25, 0.3) is 0 Å². The Kier molecular flexibility index (Phi) is 6.24. The third-order valence-corrected chi connectivity index (χ3v) is 7.39. The summed E-state index contributed by atoms with van der Waals surface area (Å²) in [7, 11) is 3.26. The van der Waals surface area contributed by atoms with E-state index < -0.39 is 5.97 Å². The van der Waals surface area contributed by atoms with Crippen LogP contribution in [0.15, 0.2) is 78.0 Å². The summed E-state index contributed by atoms with van der Waals surface area (Å²) in [5.74, 6) is 0.249. The molecule has 39 heavy (non-hydrogen) atoms. The van der Waals surface area contributed by atoms with Crippen LogP contribution >= 0.6 is 0 Å². The van der Waals surface area contributed by atoms with Crippen LogP contribution in [-0.2, 0) is 18.3 Å². The molecule has 5 aromatic rings. The van der Waals surface area contributed by atoms with Gasteiger partial charge in [0.2, 0.25) is 0 Å². The number of carbonyl (C=O) groups is 1. The summed E-state index contributed by atoms with van der Waals surface area (Å²) in [4.78, 5) is 37.2. The lowest BCUT2D eigenvalue weighted by Crippen LogP contribution is -2.29. The van der Waals surface area contributed by atoms with E-state index >= 15 is 0 Å². The summed E-state index contributed by atoms with van der Waals surface area (Å²) in [6, 6.07) is 16.1. The number of fused-ring (bicyclic) bond motifs is 1. The number of phenolic OH excluding ortho intramolecular Hbond substituents is 1. The van der Waals surface area contributed by atoms with E-state index in [0.29, 0.717) is 5.65 Å². The molecule has 198 valence electrons. The number of nitrogens with zero attached hydrogens (tertiary/aromatic N) is 6. The predicted octanol–water partition coefficient (Wildman–Crippen LogP) is 3.53. The summed E-state index contributed by atoms with van der Waals surface area (Å²) in [6.07, 6.45) is 6.31. The quantitative estimate of drug-likeness (QED) is 0.339. The molecule has 0 saturated carbocycles. The van der Waals surface area contributed by atoms with E-state index in [1.807, 2.05) is 58.8 Å². The van der Waals surface area contributed by atoms with Crippen molar-refractivity contribution >= 4 is 17.1 Å². The minimum Gasteiger partial charge on any atom is -0.507 e. The molecular weight excluding hydrogens is 496 g/mol. The fourth-order valence-corrected chi connectivity index (χ4v) is 5.34. The maximum atomic E-state index is 13.9. The number of imidazole rings is 2. The van der Waals surface area contributed by atoms with Crippen LogP contribution in [0.3, 0.4) is 0 Å². The van der Waals surface area contributed by atoms with Crippen molar-refractivity contribution in [1.29, 1.82) is 0 Å². The second-order valence-electron chi connectivity index (χ2n) is 9.74. The third-order valence-electron chi connectivity index (χ3n) is 7.39. The Labute approximate surface area is 224 Å². The minimum atomic E-state index is -0.608. The molecule has 0 aliphatic carbocycles. The van der Waals surface area contributed by atoms with Crippen LogP contribution in [0.25, 0.3) is 28.0 Å². The largest absolute Gasteiger partial charge is 0.507 e. The van der Waals surface area contributed by atoms with Crippen LogP contribution in [-0.4, -0.2) is 59.8 Å². The highest BCUT2D eigenvalue weighted by molar-refractivity contribution is 5.94. The van der Waals surface area contributed by atoms with Gasteiger partial charge in [-0.1, -0.05) is 18.2 Å². The first-order valence-corrected chi connectivity index (χ1v) is 12.7. The van der Waals surface area contributed by atoms with Gasteiger partial charge in [-0.05, 0) is 53.9 Å². The zero-order valence-corrected chi connectivity index (χ0v) is 21.7. The average Bonchev–Trinajstić information content (AvgIpc) is 3.66. The number of rotatable bonds is 6. The summed E-state index contributed by atoms with van der Waals surface area (Å²) in [5, 5.41) is 10.0. The van der Waals surface area contributed by atoms with E-state index in [1.54, 1.807) is 29.1 Å². The van der Waals surface area contributed by atoms with E-state index in [-0.39, 0.29) is 23.0 Å². The van der Waals surface area contributed by atoms with Crippen LogP contribution in [0.2, 0.25) is 0 Å². The number of ether oxygens (including phenoxy) is 1. The number of benzene rings is 2. The number of carbonyl (C=O) groups excluding carboxylic acids is 1. The zero-order chi connectivity index (χ0) is 27.1. The highest BCUT2D eigenvalue weighted by Crippen LogP contribution is 2.29. The van der Waals surface area contributed by atoms with Gasteiger partial charge >= 0.3 is 11.7 Å². The summed E-state index contributed by atoms with van der Waals surface area (Å²) in [6.45, 7) is 2.35. The molecule has 0 amide bonds. The molecule has 0 unspecified atom stereocenters. The van der Waals surface area contributed by atoms with Crippen LogP contribution in [0.1, 0.15) is 28.6 Å². The Morgan fingerprint density at radius 1 is 1.08 bits per heavy atom. The van der Waals surface area contributed by atoms with Crippen molar-refractivity contribution < 1.29 is 14.6 Å². The van der Waals surface area contributed by atoms with Crippen molar-refractivity contribution in [3.8, 4) is 22.6 Å². The van der Waals surface area contributed by atoms with Gasteiger partial charge in [-0.15, -0.1) is 0 Å². The second kappa shape index (κ2) is 9.88. The number of aromatic nitrogens is 5. The molecule has 0 spiro atoms. The molecule has 6 rings (SSSR count). The lowest BCUT2D eigenvalue weighted by molar-refractivity contribution is 0.0597. The molecule has 10 heteroatoms. The third kappa shape index (κ3) is 4.38. The van der Waals surface area contributed by atoms with Gasteiger partial charge < -0.3 is 14.4 Å². The minimum absolute atomic E-state index is 0.00410. The van der Waals surface area contributed by atoms with Crippen molar-refractivity contribution in [2.45, 2.75) is 19.0 Å². The molecule has 4 heterocycles. The number of hydrogen-bond donors (Lipinski definition) is 1. The van der Waals surface area contributed by atoms with Crippen molar-refractivity contribution in [3.05, 3.63) is 95.1 Å². The molecule has 1 aliphatic heterocycles. The lowest BCUT2D eigenvalue weighted by Gasteiger charge is -2.16. The molecule has 1 saturated heterocycles. The molecule has 10 nitrogen and oxygen atoms in total. The Morgan fingerprint density at radius 3 is 2.62 bits per heavy atom. The van der Waals surface area contributed by atoms with E-state index in [1.165, 1.54) is 13.2 Å². The fourth-order valence-electron chi connectivity index (χ4n) is 5.34. The highest BCUT2D eigenvalue weighted by Gasteiger charge is 2.29. The van der Waals surface area contributed by atoms with Crippen molar-refractivity contribution in [2.75, 3.05) is 20.2 Å². The van der Waals surface area contributed by atoms with Crippen molar-refractivity contribution in [3.63, 3.8) is 0 Å².